The number of rotatable bonds is 3. The molecular formula is C19H21FN6O3. The molecule has 6 N–H and O–H groups in total. The molecule has 10 heteroatoms. The number of carboxylic acids is 1. The zero-order valence-corrected chi connectivity index (χ0v) is 15.5. The first-order chi connectivity index (χ1) is 13.8. The van der Waals surface area contributed by atoms with Crippen LogP contribution in [0, 0.1) is 5.82 Å². The topological polar surface area (TPSA) is 151 Å². The SMILES string of the molecule is NC(=O)c1ccc(F)cc1.NC1(C(=O)O)CCN(c2ncnc3[nH]ccc23)CC1. The van der Waals surface area contributed by atoms with E-state index < -0.39 is 17.4 Å². The number of nitrogens with one attached hydrogen (secondary N) is 1. The van der Waals surface area contributed by atoms with Gasteiger partial charge in [-0.15, -0.1) is 0 Å². The lowest BCUT2D eigenvalue weighted by molar-refractivity contribution is -0.144. The maximum atomic E-state index is 12.2. The van der Waals surface area contributed by atoms with Crippen LogP contribution < -0.4 is 16.4 Å². The van der Waals surface area contributed by atoms with Gasteiger partial charge in [-0.05, 0) is 43.2 Å². The van der Waals surface area contributed by atoms with E-state index in [2.05, 4.69) is 19.9 Å². The highest BCUT2D eigenvalue weighted by Gasteiger charge is 2.38. The third-order valence-electron chi connectivity index (χ3n) is 4.84. The third-order valence-corrected chi connectivity index (χ3v) is 4.84. The Hall–Kier alpha value is -3.53. The molecular weight excluding hydrogens is 379 g/mol. The van der Waals surface area contributed by atoms with Crippen LogP contribution in [0.1, 0.15) is 23.2 Å². The van der Waals surface area contributed by atoms with Gasteiger partial charge in [-0.3, -0.25) is 9.59 Å². The number of aromatic nitrogens is 3. The summed E-state index contributed by atoms with van der Waals surface area (Å²) in [7, 11) is 0. The zero-order valence-electron chi connectivity index (χ0n) is 15.5. The number of anilines is 1. The zero-order chi connectivity index (χ0) is 21.0. The quantitative estimate of drug-likeness (QED) is 0.517. The summed E-state index contributed by atoms with van der Waals surface area (Å²) in [5.74, 6) is -1.01. The first kappa shape index (κ1) is 20.2. The Kier molecular flexibility index (Phi) is 5.74. The molecule has 2 aromatic heterocycles. The van der Waals surface area contributed by atoms with Crippen molar-refractivity contribution in [2.24, 2.45) is 11.5 Å². The number of H-pyrrole nitrogens is 1. The largest absolute Gasteiger partial charge is 0.480 e. The summed E-state index contributed by atoms with van der Waals surface area (Å²) in [6.07, 6.45) is 4.16. The van der Waals surface area contributed by atoms with Gasteiger partial charge in [0.2, 0.25) is 5.91 Å². The minimum absolute atomic E-state index is 0.321. The van der Waals surface area contributed by atoms with Crippen molar-refractivity contribution in [3.05, 3.63) is 54.2 Å². The van der Waals surface area contributed by atoms with E-state index in [0.717, 1.165) is 16.9 Å². The van der Waals surface area contributed by atoms with Crippen molar-refractivity contribution in [3.63, 3.8) is 0 Å². The fourth-order valence-corrected chi connectivity index (χ4v) is 3.06. The van der Waals surface area contributed by atoms with Crippen LogP contribution in [0.25, 0.3) is 11.0 Å². The van der Waals surface area contributed by atoms with Gasteiger partial charge in [0.05, 0.1) is 5.39 Å². The molecule has 0 radical (unpaired) electrons. The number of aliphatic carboxylic acids is 1. The Balaban J connectivity index is 0.000000204. The van der Waals surface area contributed by atoms with E-state index >= 15 is 0 Å². The number of aromatic amines is 1. The molecule has 152 valence electrons. The minimum atomic E-state index is -1.11. The Labute approximate surface area is 165 Å². The number of benzene rings is 1. The summed E-state index contributed by atoms with van der Waals surface area (Å²) in [5, 5.41) is 10.1. The molecule has 1 amide bonds. The van der Waals surface area contributed by atoms with Gasteiger partial charge in [-0.1, -0.05) is 0 Å². The molecule has 1 aliphatic rings. The molecule has 1 fully saturated rings. The fourth-order valence-electron chi connectivity index (χ4n) is 3.06. The molecule has 0 atom stereocenters. The summed E-state index contributed by atoms with van der Waals surface area (Å²) in [4.78, 5) is 35.1. The number of carbonyl (C=O) groups excluding carboxylic acids is 1. The lowest BCUT2D eigenvalue weighted by atomic mass is 9.89. The summed E-state index contributed by atoms with van der Waals surface area (Å²) in [6, 6.07) is 7.00. The number of amides is 1. The van der Waals surface area contributed by atoms with Crippen molar-refractivity contribution < 1.29 is 19.1 Å². The second kappa shape index (κ2) is 8.23. The molecule has 3 aromatic rings. The highest BCUT2D eigenvalue weighted by Crippen LogP contribution is 2.27. The highest BCUT2D eigenvalue weighted by atomic mass is 19.1. The van der Waals surface area contributed by atoms with Gasteiger partial charge < -0.3 is 26.5 Å². The number of fused-ring (bicyclic) bond motifs is 1. The summed E-state index contributed by atoms with van der Waals surface area (Å²) < 4.78 is 12.2. The second-order valence-corrected chi connectivity index (χ2v) is 6.76. The maximum absolute atomic E-state index is 12.2. The number of carboxylic acid groups (broad SMARTS) is 1. The van der Waals surface area contributed by atoms with Gasteiger partial charge in [-0.25, -0.2) is 14.4 Å². The number of nitrogens with two attached hydrogens (primary N) is 2. The Morgan fingerprint density at radius 3 is 2.38 bits per heavy atom. The summed E-state index contributed by atoms with van der Waals surface area (Å²) >= 11 is 0. The van der Waals surface area contributed by atoms with E-state index in [1.165, 1.54) is 30.6 Å². The van der Waals surface area contributed by atoms with Crippen LogP contribution in [-0.4, -0.2) is 50.6 Å². The van der Waals surface area contributed by atoms with Crippen molar-refractivity contribution in [2.45, 2.75) is 18.4 Å². The normalized spacial score (nSPS) is 15.4. The molecule has 1 saturated heterocycles. The minimum Gasteiger partial charge on any atom is -0.480 e. The average molecular weight is 400 g/mol. The molecule has 29 heavy (non-hydrogen) atoms. The monoisotopic (exact) mass is 400 g/mol. The van der Waals surface area contributed by atoms with Crippen molar-refractivity contribution in [1.29, 1.82) is 0 Å². The van der Waals surface area contributed by atoms with Crippen molar-refractivity contribution in [3.8, 4) is 0 Å². The van der Waals surface area contributed by atoms with Gasteiger partial charge in [0.25, 0.3) is 0 Å². The molecule has 0 spiro atoms. The standard InChI is InChI=1S/C12H15N5O2.C7H6FNO/c13-12(11(18)19)2-5-17(6-3-12)10-8-1-4-14-9(8)15-7-16-10;8-6-3-1-5(2-4-6)7(9)10/h1,4,7H,2-3,5-6,13H2,(H,18,19)(H,14,15,16);1-4H,(H2,9,10). The Morgan fingerprint density at radius 2 is 1.79 bits per heavy atom. The predicted molar refractivity (Wildman–Crippen MR) is 105 cm³/mol. The first-order valence-corrected chi connectivity index (χ1v) is 8.91. The van der Waals surface area contributed by atoms with Crippen LogP contribution in [0.15, 0.2) is 42.9 Å². The second-order valence-electron chi connectivity index (χ2n) is 6.76. The van der Waals surface area contributed by atoms with Crippen LogP contribution in [0.4, 0.5) is 10.2 Å². The van der Waals surface area contributed by atoms with Crippen LogP contribution in [0.3, 0.4) is 0 Å². The molecule has 0 saturated carbocycles. The number of hydrogen-bond donors (Lipinski definition) is 4. The first-order valence-electron chi connectivity index (χ1n) is 8.91. The molecule has 9 nitrogen and oxygen atoms in total. The number of nitrogens with zero attached hydrogens (tertiary/aromatic N) is 3. The number of primary amides is 1. The molecule has 0 unspecified atom stereocenters. The van der Waals surface area contributed by atoms with Gasteiger partial charge in [0.15, 0.2) is 0 Å². The summed E-state index contributed by atoms with van der Waals surface area (Å²) in [6.45, 7) is 1.17. The van der Waals surface area contributed by atoms with Crippen LogP contribution >= 0.6 is 0 Å². The van der Waals surface area contributed by atoms with Gasteiger partial charge in [0, 0.05) is 24.8 Å². The van der Waals surface area contributed by atoms with Crippen LogP contribution in [-0.2, 0) is 4.79 Å². The number of carbonyl (C=O) groups is 2. The van der Waals surface area contributed by atoms with Crippen LogP contribution in [0.5, 0.6) is 0 Å². The number of hydrogen-bond acceptors (Lipinski definition) is 6. The predicted octanol–water partition coefficient (Wildman–Crippen LogP) is 1.26. The number of piperidine rings is 1. The maximum Gasteiger partial charge on any atom is 0.323 e. The van der Waals surface area contributed by atoms with Crippen molar-refractivity contribution in [2.75, 3.05) is 18.0 Å². The average Bonchev–Trinajstić information content (AvgIpc) is 3.18. The van der Waals surface area contributed by atoms with Gasteiger partial charge >= 0.3 is 5.97 Å². The van der Waals surface area contributed by atoms with Crippen molar-refractivity contribution >= 4 is 28.7 Å². The van der Waals surface area contributed by atoms with E-state index in [9.17, 15) is 14.0 Å². The van der Waals surface area contributed by atoms with Gasteiger partial charge in [0.1, 0.15) is 29.1 Å². The van der Waals surface area contributed by atoms with E-state index in [-0.39, 0.29) is 5.82 Å². The smallest absolute Gasteiger partial charge is 0.323 e. The lowest BCUT2D eigenvalue weighted by Gasteiger charge is -2.36. The fraction of sp³-hybridized carbons (Fsp3) is 0.263. The highest BCUT2D eigenvalue weighted by molar-refractivity contribution is 5.92. The molecule has 0 bridgehead atoms. The molecule has 1 aromatic carbocycles. The van der Waals surface area contributed by atoms with E-state index in [1.807, 2.05) is 12.3 Å². The van der Waals surface area contributed by atoms with E-state index in [1.54, 1.807) is 0 Å². The Morgan fingerprint density at radius 1 is 1.14 bits per heavy atom. The third kappa shape index (κ3) is 4.49. The van der Waals surface area contributed by atoms with Crippen LogP contribution in [0.2, 0.25) is 0 Å². The van der Waals surface area contributed by atoms with E-state index in [4.69, 9.17) is 16.6 Å². The van der Waals surface area contributed by atoms with Crippen molar-refractivity contribution in [1.82, 2.24) is 15.0 Å². The molecule has 0 aliphatic carbocycles. The molecule has 3 heterocycles. The number of halogens is 1. The van der Waals surface area contributed by atoms with E-state index in [0.29, 0.717) is 31.5 Å². The molecule has 1 aliphatic heterocycles. The molecule has 4 rings (SSSR count). The summed E-state index contributed by atoms with van der Waals surface area (Å²) in [5.41, 5.74) is 10.8. The Bertz CT molecular complexity index is 1010. The lowest BCUT2D eigenvalue weighted by Crippen LogP contribution is -2.55. The van der Waals surface area contributed by atoms with Gasteiger partial charge in [-0.2, -0.15) is 0 Å².